The van der Waals surface area contributed by atoms with Crippen molar-refractivity contribution >= 4 is 99.5 Å². The van der Waals surface area contributed by atoms with Crippen LogP contribution in [-0.4, -0.2) is 112 Å². The number of aromatic amines is 5. The molecule has 9 aromatic carbocycles. The molecule has 0 saturated carbocycles. The Morgan fingerprint density at radius 2 is 0.745 bits per heavy atom. The number of fused-ring (bicyclic) bond motifs is 5. The summed E-state index contributed by atoms with van der Waals surface area (Å²) in [5.41, 5.74) is 16.9. The van der Waals surface area contributed by atoms with Crippen molar-refractivity contribution < 1.29 is 52.4 Å². The third-order valence-electron chi connectivity index (χ3n) is 17.7. The summed E-state index contributed by atoms with van der Waals surface area (Å²) in [7, 11) is 11.9. The molecule has 0 aliphatic heterocycles. The number of halogens is 1. The first-order valence-corrected chi connectivity index (χ1v) is 35.5. The summed E-state index contributed by atoms with van der Waals surface area (Å²) in [5.74, 6) is 3.07. The molecule has 2 unspecified atom stereocenters. The summed E-state index contributed by atoms with van der Waals surface area (Å²) in [6, 6.07) is 70.5. The van der Waals surface area contributed by atoms with Crippen LogP contribution in [-0.2, 0) is 28.7 Å². The number of carbonyl (C=O) groups is 3. The molecule has 0 bridgehead atoms. The fourth-order valence-electron chi connectivity index (χ4n) is 12.9. The average molecular weight is 1490 g/mol. The number of esters is 2. The SMILES string of the molecule is CCOC(=O)/C=C(/c1ccccc1)c1ccc2cc[nH]c2c1OC.CCOC(=O)/C=C(\c1ccccc1)c1ccc2cc[nH]c2c1OC.CNCCC(c1ccccc1)c1ccc2cc[nH]c2c1OC.CNOC(=O)CC(c1ccccc1)c1ccc2cc[nH]c2c1OC.COc1c(Br)ccc2cc[nH]c12. The Kier molecular flexibility index (Phi) is 27.8. The third-order valence-corrected chi connectivity index (χ3v) is 18.3. The normalized spacial score (nSPS) is 11.7. The van der Waals surface area contributed by atoms with E-state index in [-0.39, 0.29) is 30.2 Å². The van der Waals surface area contributed by atoms with Crippen molar-refractivity contribution in [3.8, 4) is 28.7 Å². The van der Waals surface area contributed by atoms with E-state index in [0.717, 1.165) is 128 Å². The monoisotopic (exact) mass is 1490 g/mol. The molecular weight excluding hydrogens is 1400 g/mol. The predicted octanol–water partition coefficient (Wildman–Crippen LogP) is 18.6. The number of H-pyrrole nitrogens is 5. The van der Waals surface area contributed by atoms with Crippen molar-refractivity contribution in [2.75, 3.05) is 69.4 Å². The van der Waals surface area contributed by atoms with Gasteiger partial charge in [0.05, 0.1) is 87.2 Å². The first-order valence-electron chi connectivity index (χ1n) is 34.8. The first-order chi connectivity index (χ1) is 51.9. The Bertz CT molecular complexity index is 5070. The minimum atomic E-state index is -0.370. The molecule has 106 heavy (non-hydrogen) atoms. The van der Waals surface area contributed by atoms with Crippen molar-refractivity contribution in [2.24, 2.45) is 0 Å². The van der Waals surface area contributed by atoms with E-state index in [1.54, 1.807) is 56.4 Å². The van der Waals surface area contributed by atoms with Crippen LogP contribution in [0.15, 0.2) is 260 Å². The third kappa shape index (κ3) is 18.7. The average Bonchev–Trinajstić information content (AvgIpc) is 1.50. The van der Waals surface area contributed by atoms with Crippen LogP contribution in [0.1, 0.15) is 83.0 Å². The summed E-state index contributed by atoms with van der Waals surface area (Å²) in [6.07, 6.45) is 13.8. The summed E-state index contributed by atoms with van der Waals surface area (Å²) in [4.78, 5) is 57.2. The molecule has 0 spiro atoms. The van der Waals surface area contributed by atoms with Gasteiger partial charge in [-0.25, -0.2) is 9.59 Å². The Labute approximate surface area is 625 Å². The molecule has 14 rings (SSSR count). The fourth-order valence-corrected chi connectivity index (χ4v) is 13.4. The largest absolute Gasteiger partial charge is 0.494 e. The molecule has 18 nitrogen and oxygen atoms in total. The van der Waals surface area contributed by atoms with Crippen LogP contribution in [0.4, 0.5) is 0 Å². The topological polar surface area (TPSA) is 228 Å². The molecule has 14 aromatic rings. The van der Waals surface area contributed by atoms with Gasteiger partial charge in [0.15, 0.2) is 17.2 Å². The van der Waals surface area contributed by atoms with Crippen molar-refractivity contribution in [3.05, 3.63) is 304 Å². The van der Waals surface area contributed by atoms with Gasteiger partial charge in [-0.15, -0.1) is 0 Å². The van der Waals surface area contributed by atoms with Gasteiger partial charge in [-0.3, -0.25) is 4.79 Å². The molecule has 0 aliphatic carbocycles. The number of carbonyl (C=O) groups excluding carboxylic acids is 3. The smallest absolute Gasteiger partial charge is 0.331 e. The second-order valence-corrected chi connectivity index (χ2v) is 24.9. The van der Waals surface area contributed by atoms with Gasteiger partial charge in [0.2, 0.25) is 0 Å². The highest BCUT2D eigenvalue weighted by Crippen LogP contribution is 2.42. The minimum absolute atomic E-state index is 0.158. The van der Waals surface area contributed by atoms with E-state index >= 15 is 0 Å². The lowest BCUT2D eigenvalue weighted by atomic mass is 9.87. The highest BCUT2D eigenvalue weighted by Gasteiger charge is 2.26. The maximum Gasteiger partial charge on any atom is 0.331 e. The van der Waals surface area contributed by atoms with Crippen LogP contribution in [0, 0.1) is 0 Å². The zero-order valence-electron chi connectivity index (χ0n) is 60.8. The summed E-state index contributed by atoms with van der Waals surface area (Å²) in [6.45, 7) is 5.22. The fraction of sp³-hybridized carbons (Fsp3) is 0.184. The van der Waals surface area contributed by atoms with Gasteiger partial charge in [-0.2, -0.15) is 5.48 Å². The number of hydroxylamine groups is 1. The lowest BCUT2D eigenvalue weighted by Gasteiger charge is -2.21. The second-order valence-electron chi connectivity index (χ2n) is 24.0. The number of ether oxygens (including phenoxy) is 7. The van der Waals surface area contributed by atoms with Gasteiger partial charge in [0, 0.05) is 111 Å². The summed E-state index contributed by atoms with van der Waals surface area (Å²) >= 11 is 3.42. The molecule has 5 aromatic heterocycles. The molecular formula is C87H88BrN7O11. The van der Waals surface area contributed by atoms with Gasteiger partial charge in [-0.1, -0.05) is 164 Å². The molecule has 2 atom stereocenters. The molecule has 0 fully saturated rings. The Morgan fingerprint density at radius 3 is 1.11 bits per heavy atom. The first kappa shape index (κ1) is 76.6. The maximum atomic E-state index is 12.1. The van der Waals surface area contributed by atoms with Crippen LogP contribution >= 0.6 is 15.9 Å². The van der Waals surface area contributed by atoms with Crippen LogP contribution < -0.4 is 34.5 Å². The zero-order valence-corrected chi connectivity index (χ0v) is 62.4. The highest BCUT2D eigenvalue weighted by molar-refractivity contribution is 9.10. The van der Waals surface area contributed by atoms with Gasteiger partial charge in [0.25, 0.3) is 0 Å². The van der Waals surface area contributed by atoms with E-state index in [1.165, 1.54) is 28.7 Å². The molecule has 544 valence electrons. The number of benzene rings is 9. The van der Waals surface area contributed by atoms with Crippen molar-refractivity contribution in [1.82, 2.24) is 35.7 Å². The molecule has 0 amide bonds. The van der Waals surface area contributed by atoms with E-state index in [2.05, 4.69) is 100 Å². The van der Waals surface area contributed by atoms with Crippen LogP contribution in [0.5, 0.6) is 28.7 Å². The Morgan fingerprint density at radius 1 is 0.406 bits per heavy atom. The van der Waals surface area contributed by atoms with Gasteiger partial charge >= 0.3 is 17.9 Å². The van der Waals surface area contributed by atoms with Gasteiger partial charge in [0.1, 0.15) is 11.5 Å². The number of hydrogen-bond acceptors (Lipinski definition) is 13. The van der Waals surface area contributed by atoms with Gasteiger partial charge < -0.3 is 68.2 Å². The lowest BCUT2D eigenvalue weighted by Crippen LogP contribution is -2.18. The van der Waals surface area contributed by atoms with E-state index in [0.29, 0.717) is 30.6 Å². The van der Waals surface area contributed by atoms with Crippen LogP contribution in [0.25, 0.3) is 65.7 Å². The van der Waals surface area contributed by atoms with E-state index < -0.39 is 0 Å². The minimum Gasteiger partial charge on any atom is -0.494 e. The summed E-state index contributed by atoms with van der Waals surface area (Å²) < 4.78 is 39.1. The van der Waals surface area contributed by atoms with Gasteiger partial charge in [-0.05, 0) is 132 Å². The van der Waals surface area contributed by atoms with Crippen LogP contribution in [0.3, 0.4) is 0 Å². The zero-order chi connectivity index (χ0) is 74.7. The molecule has 0 aliphatic rings. The molecule has 0 radical (unpaired) electrons. The number of hydrogen-bond donors (Lipinski definition) is 7. The summed E-state index contributed by atoms with van der Waals surface area (Å²) in [5, 5.41) is 8.78. The van der Waals surface area contributed by atoms with E-state index in [9.17, 15) is 14.4 Å². The maximum absolute atomic E-state index is 12.1. The van der Waals surface area contributed by atoms with Crippen molar-refractivity contribution in [2.45, 2.75) is 38.5 Å². The quantitative estimate of drug-likeness (QED) is 0.0137. The predicted molar refractivity (Wildman–Crippen MR) is 427 cm³/mol. The lowest BCUT2D eigenvalue weighted by molar-refractivity contribution is -0.150. The Hall–Kier alpha value is -12.0. The number of aromatic nitrogens is 5. The number of methoxy groups -OCH3 is 5. The molecule has 19 heteroatoms. The molecule has 0 saturated heterocycles. The van der Waals surface area contributed by atoms with Crippen molar-refractivity contribution in [3.63, 3.8) is 0 Å². The van der Waals surface area contributed by atoms with Crippen LogP contribution in [0.2, 0.25) is 0 Å². The van der Waals surface area contributed by atoms with E-state index in [4.69, 9.17) is 38.0 Å². The Balaban J connectivity index is 0.000000144. The molecule has 7 N–H and O–H groups in total. The number of nitrogens with one attached hydrogen (secondary N) is 7. The highest BCUT2D eigenvalue weighted by atomic mass is 79.9. The van der Waals surface area contributed by atoms with Crippen molar-refractivity contribution in [1.29, 1.82) is 0 Å². The second kappa shape index (κ2) is 38.5. The van der Waals surface area contributed by atoms with E-state index in [1.807, 2.05) is 202 Å². The number of rotatable bonds is 23. The standard InChI is InChI=1S/2C20H19NO3.C19H20N2O3.C19H22N2O.C9H8BrNO/c2*1-3-24-18(22)13-17(14-7-5-4-6-8-14)16-10-9-15-11-12-21-19(15)20(16)23-2;1-20-24-17(22)12-16(13-6-4-3-5-7-13)15-9-8-14-10-11-21-18(14)19(15)23-2;1-20-12-11-16(14-6-4-3-5-7-14)17-9-8-15-10-13-21-18(15)19(17)22-2;1-12-9-7(10)3-2-6-4-5-11-8(6)9/h2*4-13,21H,3H2,1-2H3;3-11,16,20-21H,12H2,1-2H3;3-10,13,16,20-21H,11-12H2,1-2H3;2-5,11H,1H3/b17-13+;17-13-;;;. The molecule has 5 heterocycles.